The van der Waals surface area contributed by atoms with E-state index in [9.17, 15) is 13.2 Å². The summed E-state index contributed by atoms with van der Waals surface area (Å²) in [5, 5.41) is 2.51. The van der Waals surface area contributed by atoms with Crippen LogP contribution in [-0.2, 0) is 14.8 Å². The fourth-order valence-electron chi connectivity index (χ4n) is 2.79. The molecule has 3 aromatic rings. The van der Waals surface area contributed by atoms with Crippen molar-refractivity contribution in [1.29, 1.82) is 0 Å². The van der Waals surface area contributed by atoms with Gasteiger partial charge in [0.25, 0.3) is 10.0 Å². The maximum atomic E-state index is 12.6. The number of nitrogens with one attached hydrogen (secondary N) is 2. The Balaban J connectivity index is 1.64. The second-order valence-corrected chi connectivity index (χ2v) is 10.3. The molecule has 9 heteroatoms. The molecule has 0 fully saturated rings. The molecular weight excluding hydrogens is 432 g/mol. The van der Waals surface area contributed by atoms with Crippen LogP contribution in [0.5, 0.6) is 0 Å². The first-order chi connectivity index (χ1) is 14.6. The molecule has 0 aliphatic rings. The van der Waals surface area contributed by atoms with Crippen molar-refractivity contribution in [3.8, 4) is 0 Å². The molecule has 1 atom stereocenters. The van der Waals surface area contributed by atoms with E-state index in [1.54, 1.807) is 32.0 Å². The highest BCUT2D eigenvalue weighted by atomic mass is 32.2. The number of hydrogen-bond donors (Lipinski definition) is 2. The lowest BCUT2D eigenvalue weighted by molar-refractivity contribution is -0.115. The molecule has 1 heterocycles. The van der Waals surface area contributed by atoms with Gasteiger partial charge in [-0.05, 0) is 70.2 Å². The molecule has 2 N–H and O–H groups in total. The third-order valence-electron chi connectivity index (χ3n) is 4.34. The predicted molar refractivity (Wildman–Crippen MR) is 124 cm³/mol. The van der Waals surface area contributed by atoms with Crippen LogP contribution in [0.15, 0.2) is 64.4 Å². The van der Waals surface area contributed by atoms with E-state index < -0.39 is 10.0 Å². The topological polar surface area (TPSA) is 101 Å². The summed E-state index contributed by atoms with van der Waals surface area (Å²) < 4.78 is 27.6. The third-order valence-corrected chi connectivity index (χ3v) is 6.80. The van der Waals surface area contributed by atoms with Crippen molar-refractivity contribution in [2.45, 2.75) is 42.7 Å². The van der Waals surface area contributed by atoms with Gasteiger partial charge in [-0.25, -0.2) is 23.1 Å². The van der Waals surface area contributed by atoms with Gasteiger partial charge in [0, 0.05) is 22.0 Å². The van der Waals surface area contributed by atoms with Crippen LogP contribution < -0.4 is 10.0 Å². The van der Waals surface area contributed by atoms with Gasteiger partial charge < -0.3 is 5.32 Å². The first kappa shape index (κ1) is 22.8. The van der Waals surface area contributed by atoms with E-state index in [1.807, 2.05) is 38.1 Å². The van der Waals surface area contributed by atoms with Crippen molar-refractivity contribution in [3.05, 3.63) is 71.5 Å². The monoisotopic (exact) mass is 456 g/mol. The van der Waals surface area contributed by atoms with Gasteiger partial charge in [-0.2, -0.15) is 0 Å². The van der Waals surface area contributed by atoms with Gasteiger partial charge in [-0.3, -0.25) is 4.79 Å². The average molecular weight is 457 g/mol. The van der Waals surface area contributed by atoms with Crippen molar-refractivity contribution < 1.29 is 13.2 Å². The van der Waals surface area contributed by atoms with Crippen molar-refractivity contribution in [2.75, 3.05) is 10.0 Å². The maximum Gasteiger partial charge on any atom is 0.264 e. The summed E-state index contributed by atoms with van der Waals surface area (Å²) in [6.07, 6.45) is 0. The summed E-state index contributed by atoms with van der Waals surface area (Å²) >= 11 is 1.46. The number of rotatable bonds is 7. The van der Waals surface area contributed by atoms with E-state index in [2.05, 4.69) is 20.0 Å². The zero-order valence-corrected chi connectivity index (χ0v) is 19.3. The Morgan fingerprint density at radius 3 is 2.10 bits per heavy atom. The van der Waals surface area contributed by atoms with Crippen molar-refractivity contribution in [1.82, 2.24) is 9.97 Å². The minimum absolute atomic E-state index is 0.0248. The third kappa shape index (κ3) is 6.28. The van der Waals surface area contributed by atoms with Crippen LogP contribution in [0.2, 0.25) is 0 Å². The quantitative estimate of drug-likeness (QED) is 0.514. The number of anilines is 2. The van der Waals surface area contributed by atoms with Crippen LogP contribution in [0.4, 0.5) is 11.6 Å². The van der Waals surface area contributed by atoms with Gasteiger partial charge in [-0.15, -0.1) is 11.8 Å². The Morgan fingerprint density at radius 2 is 1.52 bits per heavy atom. The second-order valence-electron chi connectivity index (χ2n) is 7.17. The molecule has 0 saturated heterocycles. The number of carbonyl (C=O) groups is 1. The SMILES string of the molecule is Cc1ccc(S[C@@H](C)C(=O)Nc2ccc(S(=O)(=O)Nc3nc(C)cc(C)n3)cc2)cc1. The van der Waals surface area contributed by atoms with E-state index in [0.29, 0.717) is 17.1 Å². The van der Waals surface area contributed by atoms with Crippen molar-refractivity contribution in [2.24, 2.45) is 0 Å². The molecule has 0 unspecified atom stereocenters. The van der Waals surface area contributed by atoms with Gasteiger partial charge in [0.15, 0.2) is 0 Å². The highest BCUT2D eigenvalue weighted by Crippen LogP contribution is 2.25. The van der Waals surface area contributed by atoms with E-state index in [4.69, 9.17) is 0 Å². The number of hydrogen-bond acceptors (Lipinski definition) is 6. The Morgan fingerprint density at radius 1 is 0.935 bits per heavy atom. The van der Waals surface area contributed by atoms with Crippen LogP contribution in [0.1, 0.15) is 23.9 Å². The van der Waals surface area contributed by atoms with Crippen LogP contribution in [0.3, 0.4) is 0 Å². The first-order valence-corrected chi connectivity index (χ1v) is 12.0. The summed E-state index contributed by atoms with van der Waals surface area (Å²) in [6, 6.07) is 15.7. The van der Waals surface area contributed by atoms with Crippen LogP contribution in [0, 0.1) is 20.8 Å². The summed E-state index contributed by atoms with van der Waals surface area (Å²) in [5.41, 5.74) is 3.01. The molecule has 162 valence electrons. The zero-order chi connectivity index (χ0) is 22.6. The molecule has 3 rings (SSSR count). The Hall–Kier alpha value is -2.91. The smallest absolute Gasteiger partial charge is 0.264 e. The molecule has 0 aliphatic carbocycles. The molecule has 0 spiro atoms. The Labute approximate surface area is 186 Å². The van der Waals surface area contributed by atoms with Crippen LogP contribution in [0.25, 0.3) is 0 Å². The summed E-state index contributed by atoms with van der Waals surface area (Å²) in [5.74, 6) is -0.139. The molecule has 2 aromatic carbocycles. The number of amides is 1. The largest absolute Gasteiger partial charge is 0.325 e. The summed E-state index contributed by atoms with van der Waals surface area (Å²) in [4.78, 5) is 21.8. The lowest BCUT2D eigenvalue weighted by Crippen LogP contribution is -2.22. The van der Waals surface area contributed by atoms with Crippen molar-refractivity contribution in [3.63, 3.8) is 0 Å². The normalized spacial score (nSPS) is 12.3. The fourth-order valence-corrected chi connectivity index (χ4v) is 4.60. The van der Waals surface area contributed by atoms with Crippen molar-refractivity contribution >= 4 is 39.3 Å². The number of thioether (sulfide) groups is 1. The molecule has 0 saturated carbocycles. The van der Waals surface area contributed by atoms with Gasteiger partial charge in [0.2, 0.25) is 11.9 Å². The summed E-state index contributed by atoms with van der Waals surface area (Å²) in [7, 11) is -3.84. The molecule has 0 aliphatic heterocycles. The molecule has 1 aromatic heterocycles. The molecule has 31 heavy (non-hydrogen) atoms. The fraction of sp³-hybridized carbons (Fsp3) is 0.227. The average Bonchev–Trinajstić information content (AvgIpc) is 2.69. The summed E-state index contributed by atoms with van der Waals surface area (Å²) in [6.45, 7) is 7.37. The molecule has 0 radical (unpaired) electrons. The highest BCUT2D eigenvalue weighted by molar-refractivity contribution is 8.00. The number of benzene rings is 2. The number of sulfonamides is 1. The highest BCUT2D eigenvalue weighted by Gasteiger charge is 2.18. The maximum absolute atomic E-state index is 12.6. The van der Waals surface area contributed by atoms with E-state index >= 15 is 0 Å². The Bertz CT molecular complexity index is 1160. The van der Waals surface area contributed by atoms with Gasteiger partial charge in [0.1, 0.15) is 0 Å². The molecule has 1 amide bonds. The molecular formula is C22H24N4O3S2. The van der Waals surface area contributed by atoms with E-state index in [-0.39, 0.29) is 22.0 Å². The molecule has 0 bridgehead atoms. The predicted octanol–water partition coefficient (Wildman–Crippen LogP) is 4.32. The number of nitrogens with zero attached hydrogens (tertiary/aromatic N) is 2. The lowest BCUT2D eigenvalue weighted by atomic mass is 10.2. The van der Waals surface area contributed by atoms with E-state index in [1.165, 1.54) is 23.9 Å². The second kappa shape index (κ2) is 9.49. The zero-order valence-electron chi connectivity index (χ0n) is 17.7. The van der Waals surface area contributed by atoms with Gasteiger partial charge >= 0.3 is 0 Å². The number of carbonyl (C=O) groups excluding carboxylic acids is 1. The van der Waals surface area contributed by atoms with Crippen LogP contribution >= 0.6 is 11.8 Å². The minimum atomic E-state index is -3.84. The Kier molecular flexibility index (Phi) is 6.97. The number of aromatic nitrogens is 2. The minimum Gasteiger partial charge on any atom is -0.325 e. The van der Waals surface area contributed by atoms with E-state index in [0.717, 1.165) is 10.5 Å². The van der Waals surface area contributed by atoms with Gasteiger partial charge in [0.05, 0.1) is 10.1 Å². The van der Waals surface area contributed by atoms with Gasteiger partial charge in [-0.1, -0.05) is 17.7 Å². The van der Waals surface area contributed by atoms with Crippen LogP contribution in [-0.4, -0.2) is 29.5 Å². The number of aryl methyl sites for hydroxylation is 3. The lowest BCUT2D eigenvalue weighted by Gasteiger charge is -2.13. The standard InChI is InChI=1S/C22H24N4O3S2/c1-14-5-9-19(10-6-14)30-17(4)21(27)25-18-7-11-20(12-8-18)31(28,29)26-22-23-15(2)13-16(3)24-22/h5-13,17H,1-4H3,(H,25,27)(H,23,24,26)/t17-/m0/s1. The first-order valence-electron chi connectivity index (χ1n) is 9.62. The molecule has 7 nitrogen and oxygen atoms in total.